The normalized spacial score (nSPS) is 21.9. The average molecular weight is 200 g/mol. The molecular formula is C9H16N2O3. The Labute approximate surface area is 82.9 Å². The first-order valence-electron chi connectivity index (χ1n) is 4.93. The monoisotopic (exact) mass is 200 g/mol. The van der Waals surface area contributed by atoms with Crippen LogP contribution in [0.5, 0.6) is 0 Å². The molecule has 0 aromatic rings. The molecule has 1 saturated carbocycles. The summed E-state index contributed by atoms with van der Waals surface area (Å²) >= 11 is 0. The molecule has 0 radical (unpaired) electrons. The molecule has 0 saturated heterocycles. The van der Waals surface area contributed by atoms with Crippen molar-refractivity contribution in [3.05, 3.63) is 10.1 Å². The Kier molecular flexibility index (Phi) is 3.43. The number of hydrogen-bond donors (Lipinski definition) is 1. The van der Waals surface area contributed by atoms with Crippen LogP contribution in [-0.2, 0) is 0 Å². The van der Waals surface area contributed by atoms with E-state index >= 15 is 0 Å². The average Bonchev–Trinajstić information content (AvgIpc) is 2.19. The van der Waals surface area contributed by atoms with Crippen molar-refractivity contribution in [1.82, 2.24) is 0 Å². The molecule has 5 heteroatoms. The molecule has 0 heterocycles. The van der Waals surface area contributed by atoms with Gasteiger partial charge in [0.1, 0.15) is 0 Å². The second-order valence-corrected chi connectivity index (χ2v) is 4.05. The van der Waals surface area contributed by atoms with Crippen LogP contribution in [0.4, 0.5) is 0 Å². The van der Waals surface area contributed by atoms with Crippen LogP contribution in [0, 0.1) is 10.1 Å². The highest BCUT2D eigenvalue weighted by Crippen LogP contribution is 2.34. The Hall–Kier alpha value is -1.13. The standard InChI is InChI=1S/C9H16N2O3/c1-8(10-12)7-9(11(13)14)5-3-2-4-6-9/h12H,2-7H2,1H3/b10-8+. The van der Waals surface area contributed by atoms with Gasteiger partial charge in [-0.1, -0.05) is 11.6 Å². The maximum absolute atomic E-state index is 11.0. The zero-order valence-corrected chi connectivity index (χ0v) is 8.40. The molecule has 0 aromatic heterocycles. The van der Waals surface area contributed by atoms with Crippen LogP contribution in [0.25, 0.3) is 0 Å². The minimum absolute atomic E-state index is 0.194. The highest BCUT2D eigenvalue weighted by Gasteiger charge is 2.44. The SMILES string of the molecule is C/C(CC1([N+](=O)[O-])CCCCC1)=N\O. The van der Waals surface area contributed by atoms with Crippen molar-refractivity contribution in [3.8, 4) is 0 Å². The van der Waals surface area contributed by atoms with Crippen molar-refractivity contribution in [2.45, 2.75) is 51.0 Å². The van der Waals surface area contributed by atoms with E-state index in [9.17, 15) is 10.1 Å². The van der Waals surface area contributed by atoms with Gasteiger partial charge < -0.3 is 5.21 Å². The first-order valence-corrected chi connectivity index (χ1v) is 4.93. The third kappa shape index (κ3) is 2.21. The molecule has 1 N–H and O–H groups in total. The van der Waals surface area contributed by atoms with Gasteiger partial charge in [0.15, 0.2) is 0 Å². The lowest BCUT2D eigenvalue weighted by atomic mass is 9.79. The van der Waals surface area contributed by atoms with E-state index in [1.807, 2.05) is 0 Å². The van der Waals surface area contributed by atoms with E-state index in [1.165, 1.54) is 0 Å². The molecule has 0 atom stereocenters. The molecule has 1 aliphatic carbocycles. The van der Waals surface area contributed by atoms with E-state index < -0.39 is 5.54 Å². The summed E-state index contributed by atoms with van der Waals surface area (Å²) in [5, 5.41) is 22.5. The molecule has 0 aromatic carbocycles. The molecule has 80 valence electrons. The van der Waals surface area contributed by atoms with Crippen molar-refractivity contribution < 1.29 is 10.1 Å². The second kappa shape index (κ2) is 4.39. The van der Waals surface area contributed by atoms with Gasteiger partial charge in [0, 0.05) is 17.8 Å². The van der Waals surface area contributed by atoms with Gasteiger partial charge in [0.05, 0.1) is 12.1 Å². The maximum Gasteiger partial charge on any atom is 0.227 e. The van der Waals surface area contributed by atoms with Gasteiger partial charge in [0.25, 0.3) is 0 Å². The van der Waals surface area contributed by atoms with Crippen molar-refractivity contribution >= 4 is 5.71 Å². The lowest BCUT2D eigenvalue weighted by molar-refractivity contribution is -0.573. The summed E-state index contributed by atoms with van der Waals surface area (Å²) in [4.78, 5) is 10.8. The zero-order valence-electron chi connectivity index (χ0n) is 8.40. The fourth-order valence-corrected chi connectivity index (χ4v) is 2.15. The van der Waals surface area contributed by atoms with E-state index in [2.05, 4.69) is 5.16 Å². The topological polar surface area (TPSA) is 75.7 Å². The van der Waals surface area contributed by atoms with E-state index in [1.54, 1.807) is 6.92 Å². The second-order valence-electron chi connectivity index (χ2n) is 4.05. The molecule has 0 bridgehead atoms. The van der Waals surface area contributed by atoms with Gasteiger partial charge >= 0.3 is 0 Å². The van der Waals surface area contributed by atoms with Crippen LogP contribution in [0.3, 0.4) is 0 Å². The lowest BCUT2D eigenvalue weighted by Crippen LogP contribution is -2.41. The molecule has 5 nitrogen and oxygen atoms in total. The molecule has 0 unspecified atom stereocenters. The van der Waals surface area contributed by atoms with Crippen molar-refractivity contribution in [1.29, 1.82) is 0 Å². The van der Waals surface area contributed by atoms with Crippen molar-refractivity contribution in [2.24, 2.45) is 5.16 Å². The molecule has 0 spiro atoms. The summed E-state index contributed by atoms with van der Waals surface area (Å²) in [5.41, 5.74) is -0.419. The largest absolute Gasteiger partial charge is 0.411 e. The maximum atomic E-state index is 11.0. The highest BCUT2D eigenvalue weighted by molar-refractivity contribution is 5.82. The van der Waals surface area contributed by atoms with Gasteiger partial charge in [0.2, 0.25) is 5.54 Å². The summed E-state index contributed by atoms with van der Waals surface area (Å²) in [7, 11) is 0. The van der Waals surface area contributed by atoms with Crippen LogP contribution >= 0.6 is 0 Å². The Balaban J connectivity index is 2.75. The van der Waals surface area contributed by atoms with Gasteiger partial charge in [-0.05, 0) is 19.8 Å². The van der Waals surface area contributed by atoms with E-state index in [4.69, 9.17) is 5.21 Å². The van der Waals surface area contributed by atoms with Gasteiger partial charge in [-0.15, -0.1) is 0 Å². The predicted molar refractivity (Wildman–Crippen MR) is 52.3 cm³/mol. The first-order chi connectivity index (χ1) is 6.60. The number of oxime groups is 1. The number of nitro groups is 1. The Morgan fingerprint density at radius 2 is 2.07 bits per heavy atom. The molecule has 0 aliphatic heterocycles. The van der Waals surface area contributed by atoms with Gasteiger partial charge in [-0.3, -0.25) is 10.1 Å². The van der Waals surface area contributed by atoms with Crippen molar-refractivity contribution in [2.75, 3.05) is 0 Å². The Morgan fingerprint density at radius 3 is 2.50 bits per heavy atom. The third-order valence-corrected chi connectivity index (χ3v) is 2.93. The minimum atomic E-state index is -0.867. The summed E-state index contributed by atoms with van der Waals surface area (Å²) in [6.07, 6.45) is 4.36. The molecule has 1 aliphatic rings. The molecule has 14 heavy (non-hydrogen) atoms. The molecule has 0 amide bonds. The fourth-order valence-electron chi connectivity index (χ4n) is 2.15. The predicted octanol–water partition coefficient (Wildman–Crippen LogP) is 2.21. The van der Waals surface area contributed by atoms with Gasteiger partial charge in [-0.25, -0.2) is 0 Å². The molecule has 1 rings (SSSR count). The fraction of sp³-hybridized carbons (Fsp3) is 0.889. The Morgan fingerprint density at radius 1 is 1.50 bits per heavy atom. The molecular weight excluding hydrogens is 184 g/mol. The van der Waals surface area contributed by atoms with Crippen LogP contribution in [-0.4, -0.2) is 21.4 Å². The smallest absolute Gasteiger partial charge is 0.227 e. The van der Waals surface area contributed by atoms with E-state index in [0.29, 0.717) is 18.6 Å². The summed E-state index contributed by atoms with van der Waals surface area (Å²) in [6, 6.07) is 0. The lowest BCUT2D eigenvalue weighted by Gasteiger charge is -2.28. The third-order valence-electron chi connectivity index (χ3n) is 2.93. The van der Waals surface area contributed by atoms with Gasteiger partial charge in [-0.2, -0.15) is 0 Å². The van der Waals surface area contributed by atoms with Crippen LogP contribution in [0.2, 0.25) is 0 Å². The Bertz CT molecular complexity index is 244. The van der Waals surface area contributed by atoms with E-state index in [-0.39, 0.29) is 11.3 Å². The zero-order chi connectivity index (χ0) is 10.6. The minimum Gasteiger partial charge on any atom is -0.411 e. The van der Waals surface area contributed by atoms with Crippen molar-refractivity contribution in [3.63, 3.8) is 0 Å². The van der Waals surface area contributed by atoms with E-state index in [0.717, 1.165) is 19.3 Å². The summed E-state index contributed by atoms with van der Waals surface area (Å²) in [5.74, 6) is 0. The quantitative estimate of drug-likeness (QED) is 0.328. The first kappa shape index (κ1) is 10.9. The number of rotatable bonds is 3. The highest BCUT2D eigenvalue weighted by atomic mass is 16.6. The summed E-state index contributed by atoms with van der Waals surface area (Å²) < 4.78 is 0. The summed E-state index contributed by atoms with van der Waals surface area (Å²) in [6.45, 7) is 1.62. The number of nitrogens with zero attached hydrogens (tertiary/aromatic N) is 2. The van der Waals surface area contributed by atoms with Crippen LogP contribution < -0.4 is 0 Å². The van der Waals surface area contributed by atoms with Crippen LogP contribution in [0.15, 0.2) is 5.16 Å². The van der Waals surface area contributed by atoms with Crippen LogP contribution in [0.1, 0.15) is 45.4 Å². The number of hydrogen-bond acceptors (Lipinski definition) is 4. The molecule has 1 fully saturated rings.